The predicted octanol–water partition coefficient (Wildman–Crippen LogP) is 2.55. The van der Waals surface area contributed by atoms with Gasteiger partial charge in [-0.2, -0.15) is 0 Å². The van der Waals surface area contributed by atoms with Gasteiger partial charge in [0.25, 0.3) is 0 Å². The van der Waals surface area contributed by atoms with Crippen molar-refractivity contribution in [3.8, 4) is 0 Å². The van der Waals surface area contributed by atoms with Crippen LogP contribution >= 0.6 is 0 Å². The maximum atomic E-state index is 12.1. The van der Waals surface area contributed by atoms with Crippen LogP contribution < -0.4 is 5.32 Å². The molecule has 19 heavy (non-hydrogen) atoms. The van der Waals surface area contributed by atoms with E-state index < -0.39 is 12.0 Å². The molecule has 2 N–H and O–H groups in total. The van der Waals surface area contributed by atoms with Gasteiger partial charge in [-0.1, -0.05) is 25.1 Å². The molecule has 0 fully saturated rings. The second kappa shape index (κ2) is 5.53. The smallest absolute Gasteiger partial charge is 0.236 e. The number of para-hydroxylation sites is 1. The van der Waals surface area contributed by atoms with Gasteiger partial charge in [0.2, 0.25) is 5.91 Å². The number of hydrogen-bond donors (Lipinski definition) is 2. The van der Waals surface area contributed by atoms with Crippen molar-refractivity contribution in [1.29, 1.82) is 0 Å². The third-order valence-electron chi connectivity index (χ3n) is 3.60. The van der Waals surface area contributed by atoms with Crippen LogP contribution in [0, 0.1) is 5.92 Å². The number of carbonyl (C=O) groups excluding carboxylic acids is 1. The largest absolute Gasteiger partial charge is 0.387 e. The molecule has 4 nitrogen and oxygen atoms in total. The molecule has 2 rings (SSSR count). The van der Waals surface area contributed by atoms with E-state index in [0.29, 0.717) is 11.4 Å². The first kappa shape index (κ1) is 13.7. The van der Waals surface area contributed by atoms with Gasteiger partial charge < -0.3 is 10.4 Å². The molecule has 0 radical (unpaired) electrons. The second-order valence-electron chi connectivity index (χ2n) is 5.03. The first-order valence-corrected chi connectivity index (χ1v) is 6.66. The number of anilines is 1. The lowest BCUT2D eigenvalue weighted by atomic mass is 9.87. The molecule has 3 unspecified atom stereocenters. The maximum absolute atomic E-state index is 12.1. The summed E-state index contributed by atoms with van der Waals surface area (Å²) in [5.41, 5.74) is 2.13. The highest BCUT2D eigenvalue weighted by molar-refractivity contribution is 6.11. The highest BCUT2D eigenvalue weighted by atomic mass is 16.3. The molecule has 0 aliphatic carbocycles. The minimum Gasteiger partial charge on any atom is -0.387 e. The van der Waals surface area contributed by atoms with Gasteiger partial charge in [-0.3, -0.25) is 9.79 Å². The van der Waals surface area contributed by atoms with Gasteiger partial charge in [0.1, 0.15) is 5.92 Å². The van der Waals surface area contributed by atoms with Crippen molar-refractivity contribution < 1.29 is 9.90 Å². The summed E-state index contributed by atoms with van der Waals surface area (Å²) in [5, 5.41) is 13.2. The van der Waals surface area contributed by atoms with E-state index in [-0.39, 0.29) is 11.9 Å². The van der Waals surface area contributed by atoms with Gasteiger partial charge in [-0.15, -0.1) is 0 Å². The Morgan fingerprint density at radius 3 is 2.84 bits per heavy atom. The Morgan fingerprint density at radius 2 is 2.16 bits per heavy atom. The van der Waals surface area contributed by atoms with Crippen molar-refractivity contribution in [2.75, 3.05) is 5.32 Å². The van der Waals surface area contributed by atoms with Crippen molar-refractivity contribution in [2.45, 2.75) is 39.3 Å². The monoisotopic (exact) mass is 260 g/mol. The molecule has 1 heterocycles. The molecule has 0 aromatic heterocycles. The average Bonchev–Trinajstić information content (AvgIpc) is 2.38. The molecule has 0 saturated heterocycles. The quantitative estimate of drug-likeness (QED) is 0.820. The molecule has 0 saturated carbocycles. The number of nitrogens with zero attached hydrogens (tertiary/aromatic N) is 1. The molecule has 102 valence electrons. The van der Waals surface area contributed by atoms with Crippen LogP contribution in [0.15, 0.2) is 29.3 Å². The third-order valence-corrected chi connectivity index (χ3v) is 3.60. The number of rotatable bonds is 3. The summed E-state index contributed by atoms with van der Waals surface area (Å²) in [6.45, 7) is 5.87. The summed E-state index contributed by atoms with van der Waals surface area (Å²) in [6.07, 6.45) is 0.0935. The van der Waals surface area contributed by atoms with E-state index in [9.17, 15) is 9.90 Å². The Bertz CT molecular complexity index is 511. The summed E-state index contributed by atoms with van der Waals surface area (Å²) >= 11 is 0. The van der Waals surface area contributed by atoms with Gasteiger partial charge in [-0.05, 0) is 26.3 Å². The minimum absolute atomic E-state index is 0.164. The molecular weight excluding hydrogens is 240 g/mol. The lowest BCUT2D eigenvalue weighted by Gasteiger charge is -2.30. The van der Waals surface area contributed by atoms with Crippen LogP contribution in [0.2, 0.25) is 0 Å². The second-order valence-corrected chi connectivity index (χ2v) is 5.03. The fourth-order valence-electron chi connectivity index (χ4n) is 2.34. The van der Waals surface area contributed by atoms with Crippen LogP contribution in [-0.2, 0) is 4.79 Å². The topological polar surface area (TPSA) is 61.7 Å². The van der Waals surface area contributed by atoms with Crippen LogP contribution in [0.25, 0.3) is 0 Å². The molecule has 4 heteroatoms. The Labute approximate surface area is 113 Å². The third kappa shape index (κ3) is 2.68. The van der Waals surface area contributed by atoms with Gasteiger partial charge in [0, 0.05) is 23.0 Å². The fourth-order valence-corrected chi connectivity index (χ4v) is 2.34. The summed E-state index contributed by atoms with van der Waals surface area (Å²) in [4.78, 5) is 16.6. The van der Waals surface area contributed by atoms with Crippen LogP contribution in [0.4, 0.5) is 5.69 Å². The normalized spacial score (nSPS) is 24.6. The molecule has 0 spiro atoms. The highest BCUT2D eigenvalue weighted by Gasteiger charge is 2.36. The zero-order valence-electron chi connectivity index (χ0n) is 11.6. The average molecular weight is 260 g/mol. The van der Waals surface area contributed by atoms with Gasteiger partial charge in [0.15, 0.2) is 0 Å². The highest BCUT2D eigenvalue weighted by Crippen LogP contribution is 2.34. The Hall–Kier alpha value is -1.68. The van der Waals surface area contributed by atoms with Gasteiger partial charge in [-0.25, -0.2) is 0 Å². The minimum atomic E-state index is -0.822. The number of carbonyl (C=O) groups is 1. The first-order valence-electron chi connectivity index (χ1n) is 6.66. The SMILES string of the molecule is CCC(C)N=C(C)C1C(=O)Nc2ccccc2C1O. The van der Waals surface area contributed by atoms with Crippen molar-refractivity contribution in [1.82, 2.24) is 0 Å². The van der Waals surface area contributed by atoms with Crippen molar-refractivity contribution >= 4 is 17.3 Å². The summed E-state index contributed by atoms with van der Waals surface area (Å²) < 4.78 is 0. The number of hydrogen-bond acceptors (Lipinski definition) is 3. The number of aliphatic hydroxyl groups excluding tert-OH is 1. The zero-order valence-corrected chi connectivity index (χ0v) is 11.6. The zero-order chi connectivity index (χ0) is 14.0. The predicted molar refractivity (Wildman–Crippen MR) is 76.4 cm³/mol. The number of aliphatic imine (C=N–C) groups is 1. The lowest BCUT2D eigenvalue weighted by Crippen LogP contribution is -2.38. The molecule has 3 atom stereocenters. The van der Waals surface area contributed by atoms with E-state index in [1.165, 1.54) is 0 Å². The first-order chi connectivity index (χ1) is 9.04. The number of benzene rings is 1. The maximum Gasteiger partial charge on any atom is 0.236 e. The summed E-state index contributed by atoms with van der Waals surface area (Å²) in [6, 6.07) is 7.50. The summed E-state index contributed by atoms with van der Waals surface area (Å²) in [7, 11) is 0. The van der Waals surface area contributed by atoms with Crippen molar-refractivity contribution in [3.63, 3.8) is 0 Å². The van der Waals surface area contributed by atoms with E-state index in [4.69, 9.17) is 0 Å². The van der Waals surface area contributed by atoms with Gasteiger partial charge in [0.05, 0.1) is 6.10 Å². The number of nitrogens with one attached hydrogen (secondary N) is 1. The standard InChI is InChI=1S/C15H20N2O2/c1-4-9(2)16-10(3)13-14(18)11-7-5-6-8-12(11)17-15(13)19/h5-9,13-14,18H,4H2,1-3H3,(H,17,19). The van der Waals surface area contributed by atoms with Gasteiger partial charge >= 0.3 is 0 Å². The molecule has 1 aromatic rings. The van der Waals surface area contributed by atoms with Crippen LogP contribution in [0.3, 0.4) is 0 Å². The van der Waals surface area contributed by atoms with E-state index in [0.717, 1.165) is 12.0 Å². The Kier molecular flexibility index (Phi) is 4.00. The fraction of sp³-hybridized carbons (Fsp3) is 0.467. The lowest BCUT2D eigenvalue weighted by molar-refractivity contribution is -0.121. The molecule has 1 aliphatic heterocycles. The summed E-state index contributed by atoms with van der Waals surface area (Å²) in [5.74, 6) is -0.778. The molecule has 1 aliphatic rings. The molecule has 1 amide bonds. The number of aliphatic hydroxyl groups is 1. The van der Waals surface area contributed by atoms with Crippen LogP contribution in [-0.4, -0.2) is 22.8 Å². The van der Waals surface area contributed by atoms with E-state index >= 15 is 0 Å². The van der Waals surface area contributed by atoms with E-state index in [1.54, 1.807) is 6.07 Å². The van der Waals surface area contributed by atoms with Crippen molar-refractivity contribution in [2.24, 2.45) is 10.9 Å². The molecule has 1 aromatic carbocycles. The number of fused-ring (bicyclic) bond motifs is 1. The Morgan fingerprint density at radius 1 is 1.47 bits per heavy atom. The van der Waals surface area contributed by atoms with Crippen LogP contribution in [0.5, 0.6) is 0 Å². The van der Waals surface area contributed by atoms with E-state index in [2.05, 4.69) is 10.3 Å². The molecular formula is C15H20N2O2. The van der Waals surface area contributed by atoms with Crippen LogP contribution in [0.1, 0.15) is 38.9 Å². The number of amides is 1. The van der Waals surface area contributed by atoms with E-state index in [1.807, 2.05) is 39.0 Å². The van der Waals surface area contributed by atoms with Crippen molar-refractivity contribution in [3.05, 3.63) is 29.8 Å². The molecule has 0 bridgehead atoms. The Balaban J connectivity index is 2.33.